The Morgan fingerprint density at radius 3 is 2.06 bits per heavy atom. The molecular weight excluding hydrogens is 220 g/mol. The normalized spacial score (nSPS) is 11.2. The highest BCUT2D eigenvalue weighted by atomic mass is 35.5. The highest BCUT2D eigenvalue weighted by molar-refractivity contribution is 6.67. The van der Waals surface area contributed by atoms with Crippen LogP contribution in [0.4, 0.5) is 11.4 Å². The predicted octanol–water partition coefficient (Wildman–Crippen LogP) is 4.03. The SMILES string of the molecule is ClC(=Nc1ccccc1)Nc1ccccc1. The summed E-state index contributed by atoms with van der Waals surface area (Å²) >= 11 is 5.99. The Labute approximate surface area is 99.6 Å². The molecule has 0 fully saturated rings. The predicted molar refractivity (Wildman–Crippen MR) is 69.5 cm³/mol. The van der Waals surface area contributed by atoms with Gasteiger partial charge in [-0.25, -0.2) is 4.99 Å². The lowest BCUT2D eigenvalue weighted by Crippen LogP contribution is -2.03. The largest absolute Gasteiger partial charge is 0.330 e. The maximum absolute atomic E-state index is 5.99. The van der Waals surface area contributed by atoms with Crippen molar-refractivity contribution in [3.63, 3.8) is 0 Å². The average molecular weight is 231 g/mol. The summed E-state index contributed by atoms with van der Waals surface area (Å²) in [7, 11) is 0. The van der Waals surface area contributed by atoms with Crippen LogP contribution >= 0.6 is 11.6 Å². The average Bonchev–Trinajstić information content (AvgIpc) is 2.31. The lowest BCUT2D eigenvalue weighted by Gasteiger charge is -2.02. The Kier molecular flexibility index (Phi) is 3.57. The fourth-order valence-corrected chi connectivity index (χ4v) is 1.49. The van der Waals surface area contributed by atoms with Crippen LogP contribution < -0.4 is 5.32 Å². The van der Waals surface area contributed by atoms with E-state index >= 15 is 0 Å². The maximum atomic E-state index is 5.99. The van der Waals surface area contributed by atoms with Crippen molar-refractivity contribution in [1.29, 1.82) is 0 Å². The van der Waals surface area contributed by atoms with E-state index in [4.69, 9.17) is 11.6 Å². The number of hydrogen-bond acceptors (Lipinski definition) is 1. The van der Waals surface area contributed by atoms with Crippen molar-refractivity contribution in [3.8, 4) is 0 Å². The lowest BCUT2D eigenvalue weighted by atomic mass is 10.3. The molecule has 0 aliphatic rings. The molecule has 0 amide bonds. The van der Waals surface area contributed by atoms with E-state index in [0.717, 1.165) is 11.4 Å². The minimum atomic E-state index is 0.359. The van der Waals surface area contributed by atoms with Gasteiger partial charge in [0.05, 0.1) is 5.69 Å². The van der Waals surface area contributed by atoms with E-state index in [1.54, 1.807) is 0 Å². The van der Waals surface area contributed by atoms with Gasteiger partial charge < -0.3 is 5.32 Å². The first-order valence-electron chi connectivity index (χ1n) is 4.96. The number of anilines is 1. The summed E-state index contributed by atoms with van der Waals surface area (Å²) in [5.41, 5.74) is 1.75. The Hall–Kier alpha value is -1.80. The van der Waals surface area contributed by atoms with Crippen LogP contribution in [-0.2, 0) is 0 Å². The van der Waals surface area contributed by atoms with Crippen molar-refractivity contribution in [3.05, 3.63) is 60.7 Å². The Morgan fingerprint density at radius 2 is 1.44 bits per heavy atom. The topological polar surface area (TPSA) is 24.4 Å². The Morgan fingerprint density at radius 1 is 0.875 bits per heavy atom. The number of nitrogens with zero attached hydrogens (tertiary/aromatic N) is 1. The van der Waals surface area contributed by atoms with E-state index in [0.29, 0.717) is 5.29 Å². The number of para-hydroxylation sites is 2. The van der Waals surface area contributed by atoms with Crippen LogP contribution in [0.1, 0.15) is 0 Å². The number of halogens is 1. The van der Waals surface area contributed by atoms with Gasteiger partial charge in [-0.3, -0.25) is 0 Å². The smallest absolute Gasteiger partial charge is 0.200 e. The molecule has 0 bridgehead atoms. The lowest BCUT2D eigenvalue weighted by molar-refractivity contribution is 1.51. The molecule has 2 nitrogen and oxygen atoms in total. The third-order valence-electron chi connectivity index (χ3n) is 2.00. The molecule has 2 rings (SSSR count). The van der Waals surface area contributed by atoms with E-state index in [1.165, 1.54) is 0 Å². The summed E-state index contributed by atoms with van der Waals surface area (Å²) in [6, 6.07) is 19.3. The summed E-state index contributed by atoms with van der Waals surface area (Å²) in [5.74, 6) is 0. The standard InChI is InChI=1S/C13H11ClN2/c14-13(15-11-7-3-1-4-8-11)16-12-9-5-2-6-10-12/h1-10H,(H,15,16). The first kappa shape index (κ1) is 10.7. The Bertz CT molecular complexity index is 466. The molecule has 3 heteroatoms. The zero-order valence-electron chi connectivity index (χ0n) is 8.60. The van der Waals surface area contributed by atoms with Crippen molar-refractivity contribution in [1.82, 2.24) is 0 Å². The number of amidine groups is 1. The van der Waals surface area contributed by atoms with Crippen LogP contribution in [0, 0.1) is 0 Å². The summed E-state index contributed by atoms with van der Waals surface area (Å²) in [5, 5.41) is 3.36. The summed E-state index contributed by atoms with van der Waals surface area (Å²) in [6.45, 7) is 0. The van der Waals surface area contributed by atoms with Crippen LogP contribution in [-0.4, -0.2) is 5.29 Å². The van der Waals surface area contributed by atoms with E-state index < -0.39 is 0 Å². The quantitative estimate of drug-likeness (QED) is 0.470. The van der Waals surface area contributed by atoms with Gasteiger partial charge in [-0.2, -0.15) is 0 Å². The summed E-state index contributed by atoms with van der Waals surface area (Å²) < 4.78 is 0. The van der Waals surface area contributed by atoms with Gasteiger partial charge in [0.25, 0.3) is 0 Å². The molecule has 80 valence electrons. The third kappa shape index (κ3) is 3.11. The zero-order chi connectivity index (χ0) is 11.2. The maximum Gasteiger partial charge on any atom is 0.200 e. The van der Waals surface area contributed by atoms with Crippen molar-refractivity contribution in [2.75, 3.05) is 5.32 Å². The molecule has 2 aromatic carbocycles. The molecule has 0 unspecified atom stereocenters. The fourth-order valence-electron chi connectivity index (χ4n) is 1.28. The van der Waals surface area contributed by atoms with E-state index in [1.807, 2.05) is 60.7 Å². The molecule has 0 aromatic heterocycles. The second-order valence-corrected chi connectivity index (χ2v) is 3.59. The number of nitrogens with one attached hydrogen (secondary N) is 1. The Balaban J connectivity index is 2.09. The molecule has 0 saturated heterocycles. The molecule has 0 atom stereocenters. The molecule has 16 heavy (non-hydrogen) atoms. The van der Waals surface area contributed by atoms with Gasteiger partial charge in [0, 0.05) is 5.69 Å². The van der Waals surface area contributed by atoms with Crippen LogP contribution in [0.5, 0.6) is 0 Å². The number of benzene rings is 2. The molecule has 0 radical (unpaired) electrons. The third-order valence-corrected chi connectivity index (χ3v) is 2.18. The van der Waals surface area contributed by atoms with Crippen molar-refractivity contribution < 1.29 is 0 Å². The second kappa shape index (κ2) is 5.33. The van der Waals surface area contributed by atoms with Gasteiger partial charge >= 0.3 is 0 Å². The minimum Gasteiger partial charge on any atom is -0.330 e. The van der Waals surface area contributed by atoms with Crippen molar-refractivity contribution in [2.24, 2.45) is 4.99 Å². The highest BCUT2D eigenvalue weighted by Gasteiger charge is 1.95. The molecule has 0 aliphatic heterocycles. The van der Waals surface area contributed by atoms with Gasteiger partial charge in [0.1, 0.15) is 0 Å². The van der Waals surface area contributed by atoms with Crippen LogP contribution in [0.3, 0.4) is 0 Å². The number of hydrogen-bond donors (Lipinski definition) is 1. The van der Waals surface area contributed by atoms with Gasteiger partial charge in [0.2, 0.25) is 5.29 Å². The zero-order valence-corrected chi connectivity index (χ0v) is 9.35. The monoisotopic (exact) mass is 230 g/mol. The summed E-state index contributed by atoms with van der Waals surface area (Å²) in [4.78, 5) is 4.23. The number of rotatable bonds is 2. The minimum absolute atomic E-state index is 0.359. The van der Waals surface area contributed by atoms with Crippen LogP contribution in [0.2, 0.25) is 0 Å². The van der Waals surface area contributed by atoms with Crippen molar-refractivity contribution >= 4 is 28.3 Å². The molecule has 0 spiro atoms. The van der Waals surface area contributed by atoms with Crippen LogP contribution in [0.25, 0.3) is 0 Å². The van der Waals surface area contributed by atoms with Gasteiger partial charge in [-0.15, -0.1) is 0 Å². The fraction of sp³-hybridized carbons (Fsp3) is 0. The molecule has 0 heterocycles. The first-order chi connectivity index (χ1) is 7.84. The highest BCUT2D eigenvalue weighted by Crippen LogP contribution is 2.13. The molecular formula is C13H11ClN2. The molecule has 2 aromatic rings. The van der Waals surface area contributed by atoms with E-state index in [2.05, 4.69) is 10.3 Å². The van der Waals surface area contributed by atoms with E-state index in [9.17, 15) is 0 Å². The molecule has 0 saturated carbocycles. The summed E-state index contributed by atoms with van der Waals surface area (Å²) in [6.07, 6.45) is 0. The van der Waals surface area contributed by atoms with Crippen LogP contribution in [0.15, 0.2) is 65.7 Å². The number of aliphatic imine (C=N–C) groups is 1. The second-order valence-electron chi connectivity index (χ2n) is 3.23. The van der Waals surface area contributed by atoms with Gasteiger partial charge in [-0.05, 0) is 35.9 Å². The van der Waals surface area contributed by atoms with Gasteiger partial charge in [0.15, 0.2) is 0 Å². The van der Waals surface area contributed by atoms with Crippen molar-refractivity contribution in [2.45, 2.75) is 0 Å². The first-order valence-corrected chi connectivity index (χ1v) is 5.34. The molecule has 0 aliphatic carbocycles. The van der Waals surface area contributed by atoms with Gasteiger partial charge in [-0.1, -0.05) is 36.4 Å². The molecule has 1 N–H and O–H groups in total. The van der Waals surface area contributed by atoms with E-state index in [-0.39, 0.29) is 0 Å².